The normalized spacial score (nSPS) is 18.2. The van der Waals surface area contributed by atoms with E-state index in [4.69, 9.17) is 14.9 Å². The molecule has 0 aliphatic carbocycles. The summed E-state index contributed by atoms with van der Waals surface area (Å²) in [6, 6.07) is 11.2. The highest BCUT2D eigenvalue weighted by molar-refractivity contribution is 6.03. The van der Waals surface area contributed by atoms with Crippen LogP contribution in [-0.2, 0) is 13.1 Å². The van der Waals surface area contributed by atoms with Crippen molar-refractivity contribution < 1.29 is 24.5 Å². The van der Waals surface area contributed by atoms with Gasteiger partial charge in [0.25, 0.3) is 22.9 Å². The number of pyridine rings is 2. The summed E-state index contributed by atoms with van der Waals surface area (Å²) in [6.45, 7) is 27.0. The number of likely N-dealkylation sites (tertiary alicyclic amines) is 2. The predicted octanol–water partition coefficient (Wildman–Crippen LogP) is 6.69. The first-order valence-electron chi connectivity index (χ1n) is 26.4. The monoisotopic (exact) mass is 1010 g/mol. The number of H-pyrrole nitrogens is 2. The van der Waals surface area contributed by atoms with Crippen molar-refractivity contribution in [1.82, 2.24) is 49.6 Å². The highest BCUT2D eigenvalue weighted by Crippen LogP contribution is 2.40. The van der Waals surface area contributed by atoms with Crippen molar-refractivity contribution in [3.63, 3.8) is 0 Å². The number of aliphatic hydroxyl groups is 2. The lowest BCUT2D eigenvalue weighted by Crippen LogP contribution is -2.51. The van der Waals surface area contributed by atoms with E-state index in [-0.39, 0.29) is 66.4 Å². The minimum atomic E-state index is -0.961. The molecule has 8 heterocycles. The van der Waals surface area contributed by atoms with Crippen molar-refractivity contribution in [2.45, 2.75) is 151 Å². The van der Waals surface area contributed by atoms with Gasteiger partial charge in [-0.15, -0.1) is 5.10 Å². The molecule has 398 valence electrons. The maximum absolute atomic E-state index is 14.3. The van der Waals surface area contributed by atoms with Gasteiger partial charge in [0, 0.05) is 90.2 Å². The molecule has 0 aromatic carbocycles. The van der Waals surface area contributed by atoms with E-state index >= 15 is 0 Å². The molecule has 2 aliphatic heterocycles. The number of nitrogens with zero attached hydrogens (tertiary/aromatic N) is 6. The lowest BCUT2D eigenvalue weighted by Gasteiger charge is -2.43. The number of hydrogen-bond donors (Lipinski definition) is 6. The molecule has 2 aliphatic rings. The zero-order valence-electron chi connectivity index (χ0n) is 45.5. The SMILES string of the molecule is Cc1cc(C)c(CNC(=O)c2c(C)c(C(C)C3CCN(CC(C)(C)O)C(COc4ccc5c(C(=O)NCc6c(C)cc(C)[nH]c6=O)c(C)c(C(C)C6CCN(CC(C)(C)O)CC6)n5n4)C3)n3ncccc23)c(=O)[nH]1. The summed E-state index contributed by atoms with van der Waals surface area (Å²) in [6.07, 6.45) is 5.16. The second-order valence-corrected chi connectivity index (χ2v) is 22.8. The van der Waals surface area contributed by atoms with E-state index in [0.717, 1.165) is 83.8 Å². The van der Waals surface area contributed by atoms with E-state index in [1.165, 1.54) is 0 Å². The maximum Gasteiger partial charge on any atom is 0.254 e. The number of aromatic nitrogens is 6. The van der Waals surface area contributed by atoms with Crippen molar-refractivity contribution in [3.8, 4) is 5.88 Å². The molecule has 6 aromatic heterocycles. The molecule has 8 rings (SSSR count). The van der Waals surface area contributed by atoms with Crippen LogP contribution in [0.3, 0.4) is 0 Å². The quantitative estimate of drug-likeness (QED) is 0.0566. The van der Waals surface area contributed by atoms with Gasteiger partial charge in [-0.05, 0) is 179 Å². The maximum atomic E-state index is 14.3. The van der Waals surface area contributed by atoms with Crippen LogP contribution >= 0.6 is 0 Å². The average Bonchev–Trinajstić information content (AvgIpc) is 3.78. The van der Waals surface area contributed by atoms with Gasteiger partial charge in [-0.2, -0.15) is 5.10 Å². The molecule has 2 fully saturated rings. The van der Waals surface area contributed by atoms with Gasteiger partial charge in [-0.3, -0.25) is 24.1 Å². The molecule has 4 atom stereocenters. The third-order valence-electron chi connectivity index (χ3n) is 15.8. The van der Waals surface area contributed by atoms with Gasteiger partial charge >= 0.3 is 0 Å². The van der Waals surface area contributed by atoms with Crippen LogP contribution in [0, 0.1) is 53.4 Å². The molecular weight excluding hydrogens is 937 g/mol. The molecule has 2 amide bonds. The number of rotatable bonds is 17. The molecule has 17 nitrogen and oxygen atoms in total. The first-order valence-corrected chi connectivity index (χ1v) is 26.4. The van der Waals surface area contributed by atoms with E-state index in [9.17, 15) is 29.4 Å². The number of fused-ring (bicyclic) bond motifs is 2. The van der Waals surface area contributed by atoms with Crippen LogP contribution in [0.25, 0.3) is 11.0 Å². The largest absolute Gasteiger partial charge is 0.475 e. The molecule has 0 spiro atoms. The Morgan fingerprint density at radius 1 is 0.730 bits per heavy atom. The molecule has 17 heteroatoms. The van der Waals surface area contributed by atoms with Crippen LogP contribution in [0.2, 0.25) is 0 Å². The third-order valence-corrected chi connectivity index (χ3v) is 15.8. The van der Waals surface area contributed by atoms with Crippen molar-refractivity contribution in [2.24, 2.45) is 11.8 Å². The summed E-state index contributed by atoms with van der Waals surface area (Å²) in [5.74, 6) is 0.312. The molecule has 6 aromatic rings. The van der Waals surface area contributed by atoms with E-state index in [1.54, 1.807) is 6.20 Å². The van der Waals surface area contributed by atoms with Crippen LogP contribution in [0.15, 0.2) is 52.2 Å². The number of aryl methyl sites for hydroxylation is 4. The van der Waals surface area contributed by atoms with Crippen LogP contribution < -0.4 is 26.5 Å². The number of piperidine rings is 2. The van der Waals surface area contributed by atoms with Gasteiger partial charge in [0.2, 0.25) is 5.88 Å². The number of nitrogens with one attached hydrogen (secondary N) is 4. The molecule has 0 bridgehead atoms. The Labute approximate surface area is 434 Å². The van der Waals surface area contributed by atoms with Crippen LogP contribution in [0.4, 0.5) is 0 Å². The van der Waals surface area contributed by atoms with Crippen molar-refractivity contribution in [3.05, 3.63) is 131 Å². The van der Waals surface area contributed by atoms with Gasteiger partial charge in [-0.25, -0.2) is 9.03 Å². The van der Waals surface area contributed by atoms with E-state index in [1.807, 2.05) is 115 Å². The third kappa shape index (κ3) is 11.7. The molecule has 74 heavy (non-hydrogen) atoms. The van der Waals surface area contributed by atoms with Crippen molar-refractivity contribution >= 4 is 22.8 Å². The summed E-state index contributed by atoms with van der Waals surface area (Å²) < 4.78 is 10.5. The molecule has 0 saturated carbocycles. The van der Waals surface area contributed by atoms with Gasteiger partial charge in [0.1, 0.15) is 6.61 Å². The fraction of sp³-hybridized carbons (Fsp3) is 0.544. The molecule has 6 N–H and O–H groups in total. The number of aromatic amines is 2. The second-order valence-electron chi connectivity index (χ2n) is 22.8. The zero-order valence-corrected chi connectivity index (χ0v) is 45.5. The fourth-order valence-corrected chi connectivity index (χ4v) is 12.2. The second kappa shape index (κ2) is 21.6. The van der Waals surface area contributed by atoms with Crippen LogP contribution in [-0.4, -0.2) is 118 Å². The first kappa shape index (κ1) is 54.1. The Morgan fingerprint density at radius 3 is 1.78 bits per heavy atom. The number of amides is 2. The van der Waals surface area contributed by atoms with Gasteiger partial charge in [0.05, 0.1) is 33.4 Å². The predicted molar refractivity (Wildman–Crippen MR) is 287 cm³/mol. The highest BCUT2D eigenvalue weighted by atomic mass is 16.5. The fourth-order valence-electron chi connectivity index (χ4n) is 12.2. The van der Waals surface area contributed by atoms with Crippen molar-refractivity contribution in [2.75, 3.05) is 39.3 Å². The number of carbonyl (C=O) groups is 2. The number of β-amino-alcohol motifs (C(OH)–C–C–N with tert-alkyl or cyclic N) is 2. The summed E-state index contributed by atoms with van der Waals surface area (Å²) in [4.78, 5) is 64.5. The Balaban J connectivity index is 1.06. The Bertz CT molecular complexity index is 3160. The summed E-state index contributed by atoms with van der Waals surface area (Å²) in [7, 11) is 0. The summed E-state index contributed by atoms with van der Waals surface area (Å²) in [5, 5.41) is 37.7. The lowest BCUT2D eigenvalue weighted by molar-refractivity contribution is -0.0125. The van der Waals surface area contributed by atoms with E-state index < -0.39 is 11.2 Å². The minimum Gasteiger partial charge on any atom is -0.475 e. The average molecular weight is 1020 g/mol. The molecule has 2 saturated heterocycles. The highest BCUT2D eigenvalue weighted by Gasteiger charge is 2.38. The lowest BCUT2D eigenvalue weighted by atomic mass is 9.79. The molecular formula is C57H78N10O7. The van der Waals surface area contributed by atoms with Crippen molar-refractivity contribution in [1.29, 1.82) is 0 Å². The van der Waals surface area contributed by atoms with E-state index in [0.29, 0.717) is 64.7 Å². The first-order chi connectivity index (χ1) is 34.9. The van der Waals surface area contributed by atoms with Crippen LogP contribution in [0.5, 0.6) is 5.88 Å². The van der Waals surface area contributed by atoms with Gasteiger partial charge in [0.15, 0.2) is 0 Å². The minimum absolute atomic E-state index is 0.0193. The summed E-state index contributed by atoms with van der Waals surface area (Å²) in [5.41, 5.74) is 7.93. The van der Waals surface area contributed by atoms with Gasteiger partial charge < -0.3 is 40.5 Å². The number of hydrogen-bond acceptors (Lipinski definition) is 11. The Hall–Kier alpha value is -6.14. The number of carbonyl (C=O) groups excluding carboxylic acids is 2. The van der Waals surface area contributed by atoms with Crippen LogP contribution in [0.1, 0.15) is 156 Å². The van der Waals surface area contributed by atoms with Gasteiger partial charge in [-0.1, -0.05) is 13.8 Å². The Morgan fingerprint density at radius 2 is 1.24 bits per heavy atom. The number of ether oxygens (including phenoxy) is 1. The van der Waals surface area contributed by atoms with E-state index in [2.05, 4.69) is 44.2 Å². The smallest absolute Gasteiger partial charge is 0.254 e. The standard InChI is InChI=1S/C57H78N10O7/c1-32-24-34(3)61-52(68)43(32)27-58-54(70)48-38(7)50(66-45(48)14-13-20-60-66)37(6)41-19-23-65(31-57(11,12)73)42(26-41)29-74-47-16-15-46-49(55(71)59-28-44-33(2)25-35(4)62-53(44)69)39(8)51(67(46)63-47)36(5)40-17-21-64(22-18-40)30-56(9,10)72/h13-16,20,24-25,36-37,40-42,72-73H,17-19,21-23,26-31H2,1-12H3,(H,58,70)(H,59,71)(H,61,68)(H,62,69). The molecule has 0 radical (unpaired) electrons. The molecule has 4 unspecified atom stereocenters. The topological polar surface area (TPSA) is 215 Å². The summed E-state index contributed by atoms with van der Waals surface area (Å²) >= 11 is 0. The Kier molecular flexibility index (Phi) is 15.8. The zero-order chi connectivity index (χ0) is 53.6.